The summed E-state index contributed by atoms with van der Waals surface area (Å²) < 4.78 is 16.6. The van der Waals surface area contributed by atoms with E-state index in [1.54, 1.807) is 35.0 Å². The lowest BCUT2D eigenvalue weighted by Gasteiger charge is -2.26. The molecule has 146 valence electrons. The summed E-state index contributed by atoms with van der Waals surface area (Å²) in [6.45, 7) is 2.09. The van der Waals surface area contributed by atoms with Gasteiger partial charge in [0, 0.05) is 49.2 Å². The molecule has 1 amide bonds. The second-order valence-electron chi connectivity index (χ2n) is 6.40. The third-order valence-electron chi connectivity index (χ3n) is 4.59. The molecule has 4 rings (SSSR count). The highest BCUT2D eigenvalue weighted by Gasteiger charge is 2.17. The summed E-state index contributed by atoms with van der Waals surface area (Å²) in [6, 6.07) is 8.29. The molecule has 0 atom stereocenters. The van der Waals surface area contributed by atoms with E-state index in [1.165, 1.54) is 6.07 Å². The second kappa shape index (κ2) is 8.48. The number of rotatable bonds is 5. The molecule has 1 aliphatic rings. The van der Waals surface area contributed by atoms with Crippen LogP contribution < -0.4 is 5.32 Å². The summed E-state index contributed by atoms with van der Waals surface area (Å²) in [6.07, 6.45) is 2.04. The molecule has 1 aliphatic heterocycles. The zero-order valence-corrected chi connectivity index (χ0v) is 17.5. The summed E-state index contributed by atoms with van der Waals surface area (Å²) in [5.74, 6) is 2.47. The van der Waals surface area contributed by atoms with E-state index in [9.17, 15) is 9.18 Å². The molecule has 1 aromatic carbocycles. The molecule has 9 heteroatoms. The highest BCUT2D eigenvalue weighted by Crippen LogP contribution is 2.27. The van der Waals surface area contributed by atoms with Crippen LogP contribution in [0, 0.1) is 5.82 Å². The van der Waals surface area contributed by atoms with E-state index in [1.807, 2.05) is 16.7 Å². The molecule has 0 saturated carbocycles. The molecule has 6 nitrogen and oxygen atoms in total. The minimum Gasteiger partial charge on any atom is -0.369 e. The number of benzene rings is 1. The third kappa shape index (κ3) is 4.00. The fourth-order valence-electron chi connectivity index (χ4n) is 3.14. The lowest BCUT2D eigenvalue weighted by atomic mass is 10.1. The van der Waals surface area contributed by atoms with Crippen molar-refractivity contribution in [3.05, 3.63) is 46.8 Å². The van der Waals surface area contributed by atoms with Gasteiger partial charge in [-0.1, -0.05) is 12.1 Å². The molecule has 2 aromatic heterocycles. The minimum absolute atomic E-state index is 0.147. The number of nitrogens with one attached hydrogen (secondary N) is 1. The molecule has 1 fully saturated rings. The first-order valence-corrected chi connectivity index (χ1v) is 11.0. The number of aromatic nitrogens is 3. The number of thioether (sulfide) groups is 1. The standard InChI is InChI=1S/C19H19BrFN5OS/c20-14-12-23-26-17(22-6-5-18(27)25-7-9-28-10-8-25)11-16(24-19(14)26)13-3-1-2-4-15(13)21/h1-4,11-12,22H,5-10H2. The van der Waals surface area contributed by atoms with Crippen LogP contribution in [0.5, 0.6) is 0 Å². The number of carbonyl (C=O) groups excluding carboxylic acids is 1. The molecule has 0 unspecified atom stereocenters. The van der Waals surface area contributed by atoms with Crippen molar-refractivity contribution >= 4 is 45.1 Å². The van der Waals surface area contributed by atoms with Crippen LogP contribution in [0.3, 0.4) is 0 Å². The van der Waals surface area contributed by atoms with E-state index in [2.05, 4.69) is 31.3 Å². The van der Waals surface area contributed by atoms with Crippen LogP contribution in [0.15, 0.2) is 41.0 Å². The topological polar surface area (TPSA) is 62.5 Å². The number of hydrogen-bond acceptors (Lipinski definition) is 5. The Morgan fingerprint density at radius 1 is 1.29 bits per heavy atom. The first-order valence-electron chi connectivity index (χ1n) is 9.02. The van der Waals surface area contributed by atoms with Crippen molar-refractivity contribution in [2.24, 2.45) is 0 Å². The van der Waals surface area contributed by atoms with Gasteiger partial charge < -0.3 is 10.2 Å². The molecule has 3 aromatic rings. The maximum absolute atomic E-state index is 14.3. The van der Waals surface area contributed by atoms with E-state index in [0.717, 1.165) is 29.1 Å². The first-order chi connectivity index (χ1) is 13.6. The molecule has 1 N–H and O–H groups in total. The van der Waals surface area contributed by atoms with Crippen molar-refractivity contribution in [2.45, 2.75) is 6.42 Å². The highest BCUT2D eigenvalue weighted by molar-refractivity contribution is 9.10. The zero-order chi connectivity index (χ0) is 19.5. The van der Waals surface area contributed by atoms with Crippen molar-refractivity contribution < 1.29 is 9.18 Å². The monoisotopic (exact) mass is 463 g/mol. The number of anilines is 1. The molecule has 0 spiro atoms. The molecule has 3 heterocycles. The summed E-state index contributed by atoms with van der Waals surface area (Å²) in [5.41, 5.74) is 1.51. The quantitative estimate of drug-likeness (QED) is 0.625. The van der Waals surface area contributed by atoms with Gasteiger partial charge in [-0.2, -0.15) is 21.4 Å². The smallest absolute Gasteiger partial charge is 0.224 e. The van der Waals surface area contributed by atoms with Gasteiger partial charge in [0.15, 0.2) is 5.65 Å². The van der Waals surface area contributed by atoms with Gasteiger partial charge in [0.2, 0.25) is 5.91 Å². The van der Waals surface area contributed by atoms with Crippen molar-refractivity contribution in [1.82, 2.24) is 19.5 Å². The van der Waals surface area contributed by atoms with Gasteiger partial charge in [-0.05, 0) is 28.1 Å². The van der Waals surface area contributed by atoms with Gasteiger partial charge in [-0.3, -0.25) is 4.79 Å². The Hall–Kier alpha value is -2.13. The summed E-state index contributed by atoms with van der Waals surface area (Å²) in [7, 11) is 0. The Balaban J connectivity index is 1.56. The van der Waals surface area contributed by atoms with Crippen LogP contribution in [0.4, 0.5) is 10.2 Å². The normalized spacial score (nSPS) is 14.4. The SMILES string of the molecule is O=C(CCNc1cc(-c2ccccc2F)nc2c(Br)cnn12)N1CCSCC1. The Morgan fingerprint density at radius 3 is 2.86 bits per heavy atom. The van der Waals surface area contributed by atoms with Gasteiger partial charge >= 0.3 is 0 Å². The molecule has 0 bridgehead atoms. The van der Waals surface area contributed by atoms with Gasteiger partial charge in [-0.25, -0.2) is 9.37 Å². The van der Waals surface area contributed by atoms with Gasteiger partial charge in [0.25, 0.3) is 0 Å². The summed E-state index contributed by atoms with van der Waals surface area (Å²) >= 11 is 5.32. The Labute approximate surface area is 174 Å². The average Bonchev–Trinajstić information content (AvgIpc) is 3.10. The van der Waals surface area contributed by atoms with Crippen molar-refractivity contribution in [2.75, 3.05) is 36.5 Å². The van der Waals surface area contributed by atoms with Crippen LogP contribution in [-0.2, 0) is 4.79 Å². The number of amides is 1. The average molecular weight is 464 g/mol. The van der Waals surface area contributed by atoms with Gasteiger partial charge in [0.05, 0.1) is 16.4 Å². The van der Waals surface area contributed by atoms with Crippen molar-refractivity contribution in [1.29, 1.82) is 0 Å². The van der Waals surface area contributed by atoms with E-state index < -0.39 is 0 Å². The lowest BCUT2D eigenvalue weighted by Crippen LogP contribution is -2.38. The maximum Gasteiger partial charge on any atom is 0.224 e. The van der Waals surface area contributed by atoms with Gasteiger partial charge in [0.1, 0.15) is 11.6 Å². The fraction of sp³-hybridized carbons (Fsp3) is 0.316. The zero-order valence-electron chi connectivity index (χ0n) is 15.1. The van der Waals surface area contributed by atoms with E-state index in [-0.39, 0.29) is 11.7 Å². The van der Waals surface area contributed by atoms with Crippen LogP contribution in [0.25, 0.3) is 16.9 Å². The molecule has 0 radical (unpaired) electrons. The van der Waals surface area contributed by atoms with Crippen LogP contribution in [0.2, 0.25) is 0 Å². The third-order valence-corrected chi connectivity index (χ3v) is 6.09. The lowest BCUT2D eigenvalue weighted by molar-refractivity contribution is -0.130. The highest BCUT2D eigenvalue weighted by atomic mass is 79.9. The van der Waals surface area contributed by atoms with E-state index in [0.29, 0.717) is 35.7 Å². The second-order valence-corrected chi connectivity index (χ2v) is 8.48. The number of nitrogens with zero attached hydrogens (tertiary/aromatic N) is 4. The molecule has 28 heavy (non-hydrogen) atoms. The Morgan fingerprint density at radius 2 is 2.07 bits per heavy atom. The van der Waals surface area contributed by atoms with E-state index >= 15 is 0 Å². The number of hydrogen-bond donors (Lipinski definition) is 1. The Bertz CT molecular complexity index is 1010. The molecular weight excluding hydrogens is 445 g/mol. The molecular formula is C19H19BrFN5OS. The predicted octanol–water partition coefficient (Wildman–Crippen LogP) is 3.68. The number of fused-ring (bicyclic) bond motifs is 1. The summed E-state index contributed by atoms with van der Waals surface area (Å²) in [5, 5.41) is 7.58. The Kier molecular flexibility index (Phi) is 5.82. The van der Waals surface area contributed by atoms with Crippen LogP contribution in [0.1, 0.15) is 6.42 Å². The molecule has 1 saturated heterocycles. The van der Waals surface area contributed by atoms with Crippen LogP contribution >= 0.6 is 27.7 Å². The van der Waals surface area contributed by atoms with Crippen molar-refractivity contribution in [3.8, 4) is 11.3 Å². The number of halogens is 2. The minimum atomic E-state index is -0.334. The maximum atomic E-state index is 14.3. The largest absolute Gasteiger partial charge is 0.369 e. The number of carbonyl (C=O) groups is 1. The fourth-order valence-corrected chi connectivity index (χ4v) is 4.39. The van der Waals surface area contributed by atoms with Gasteiger partial charge in [-0.15, -0.1) is 0 Å². The van der Waals surface area contributed by atoms with Crippen molar-refractivity contribution in [3.63, 3.8) is 0 Å². The first kappa shape index (κ1) is 19.2. The van der Waals surface area contributed by atoms with Crippen LogP contribution in [-0.4, -0.2) is 56.5 Å². The molecule has 0 aliphatic carbocycles. The van der Waals surface area contributed by atoms with E-state index in [4.69, 9.17) is 0 Å². The predicted molar refractivity (Wildman–Crippen MR) is 113 cm³/mol. The summed E-state index contributed by atoms with van der Waals surface area (Å²) in [4.78, 5) is 18.8.